The minimum absolute atomic E-state index is 0.0281. The molecule has 3 rings (SSSR count). The molecule has 0 amide bonds. The van der Waals surface area contributed by atoms with Crippen molar-refractivity contribution in [3.63, 3.8) is 0 Å². The Morgan fingerprint density at radius 3 is 2.53 bits per heavy atom. The second-order valence-electron chi connectivity index (χ2n) is 6.46. The zero-order valence-corrected chi connectivity index (χ0v) is 11.9. The smallest absolute Gasteiger partial charge is 0.0547 e. The van der Waals surface area contributed by atoms with Crippen molar-refractivity contribution in [3.05, 3.63) is 29.6 Å². The fourth-order valence-electron chi connectivity index (χ4n) is 3.98. The van der Waals surface area contributed by atoms with Crippen LogP contribution in [0.5, 0.6) is 0 Å². The highest BCUT2D eigenvalue weighted by Gasteiger charge is 2.42. The molecular weight excluding hydrogens is 236 g/mol. The third kappa shape index (κ3) is 2.82. The second kappa shape index (κ2) is 5.22. The van der Waals surface area contributed by atoms with Crippen LogP contribution < -0.4 is 0 Å². The number of aromatic nitrogens is 1. The molecule has 4 atom stereocenters. The summed E-state index contributed by atoms with van der Waals surface area (Å²) >= 11 is 0. The van der Waals surface area contributed by atoms with E-state index in [-0.39, 0.29) is 6.10 Å². The van der Waals surface area contributed by atoms with Crippen molar-refractivity contribution in [2.75, 3.05) is 7.05 Å². The molecule has 0 radical (unpaired) electrons. The zero-order valence-electron chi connectivity index (χ0n) is 11.9. The summed E-state index contributed by atoms with van der Waals surface area (Å²) in [5, 5.41) is 9.70. The first-order valence-electron chi connectivity index (χ1n) is 7.42. The Bertz CT molecular complexity index is 434. The number of fused-ring (bicyclic) bond motifs is 1. The molecule has 0 spiro atoms. The van der Waals surface area contributed by atoms with Crippen LogP contribution in [0.3, 0.4) is 0 Å². The van der Waals surface area contributed by atoms with E-state index >= 15 is 0 Å². The topological polar surface area (TPSA) is 36.4 Å². The Hall–Kier alpha value is -0.930. The Balaban J connectivity index is 1.59. The lowest BCUT2D eigenvalue weighted by Gasteiger charge is -2.25. The zero-order chi connectivity index (χ0) is 13.4. The molecule has 2 unspecified atom stereocenters. The Kier molecular flexibility index (Phi) is 3.59. The summed E-state index contributed by atoms with van der Waals surface area (Å²) in [6.45, 7) is 2.99. The second-order valence-corrected chi connectivity index (χ2v) is 6.46. The fraction of sp³-hybridized carbons (Fsp3) is 0.688. The van der Waals surface area contributed by atoms with Gasteiger partial charge in [-0.2, -0.15) is 0 Å². The number of hydrogen-bond donors (Lipinski definition) is 1. The molecule has 0 aliphatic heterocycles. The highest BCUT2D eigenvalue weighted by atomic mass is 16.3. The van der Waals surface area contributed by atoms with Gasteiger partial charge >= 0.3 is 0 Å². The van der Waals surface area contributed by atoms with Gasteiger partial charge in [0.15, 0.2) is 0 Å². The molecule has 104 valence electrons. The largest absolute Gasteiger partial charge is 0.393 e. The number of nitrogens with zero attached hydrogens (tertiary/aromatic N) is 2. The molecule has 1 N–H and O–H groups in total. The highest BCUT2D eigenvalue weighted by molar-refractivity contribution is 5.10. The van der Waals surface area contributed by atoms with Gasteiger partial charge in [-0.1, -0.05) is 6.07 Å². The lowest BCUT2D eigenvalue weighted by Crippen LogP contribution is -2.30. The van der Waals surface area contributed by atoms with Crippen LogP contribution in [0, 0.1) is 18.8 Å². The van der Waals surface area contributed by atoms with Gasteiger partial charge in [0.1, 0.15) is 0 Å². The fourth-order valence-corrected chi connectivity index (χ4v) is 3.98. The summed E-state index contributed by atoms with van der Waals surface area (Å²) < 4.78 is 0. The van der Waals surface area contributed by atoms with E-state index in [0.29, 0.717) is 6.04 Å². The molecular formula is C16H24N2O. The maximum absolute atomic E-state index is 9.70. The molecule has 0 saturated heterocycles. The van der Waals surface area contributed by atoms with Gasteiger partial charge in [0.25, 0.3) is 0 Å². The van der Waals surface area contributed by atoms with Gasteiger partial charge in [-0.3, -0.25) is 9.88 Å². The predicted molar refractivity (Wildman–Crippen MR) is 75.7 cm³/mol. The van der Waals surface area contributed by atoms with Gasteiger partial charge in [-0.05, 0) is 63.6 Å². The van der Waals surface area contributed by atoms with Crippen LogP contribution in [0.4, 0.5) is 0 Å². The van der Waals surface area contributed by atoms with Crippen LogP contribution in [0.15, 0.2) is 18.2 Å². The highest BCUT2D eigenvalue weighted by Crippen LogP contribution is 2.45. The molecule has 2 aliphatic carbocycles. The minimum atomic E-state index is -0.0281. The van der Waals surface area contributed by atoms with Gasteiger partial charge < -0.3 is 5.11 Å². The van der Waals surface area contributed by atoms with E-state index in [0.717, 1.165) is 36.9 Å². The summed E-state index contributed by atoms with van der Waals surface area (Å²) in [6, 6.07) is 6.92. The number of aryl methyl sites for hydroxylation is 1. The van der Waals surface area contributed by atoms with Crippen LogP contribution in [-0.4, -0.2) is 34.2 Å². The molecule has 2 fully saturated rings. The first-order chi connectivity index (χ1) is 9.11. The first-order valence-corrected chi connectivity index (χ1v) is 7.42. The van der Waals surface area contributed by atoms with Crippen molar-refractivity contribution in [1.29, 1.82) is 0 Å². The maximum atomic E-state index is 9.70. The van der Waals surface area contributed by atoms with Gasteiger partial charge in [0.05, 0.1) is 11.8 Å². The third-order valence-corrected chi connectivity index (χ3v) is 4.95. The Labute approximate surface area is 115 Å². The monoisotopic (exact) mass is 260 g/mol. The summed E-state index contributed by atoms with van der Waals surface area (Å²) in [5.74, 6) is 1.51. The van der Waals surface area contributed by atoms with Crippen molar-refractivity contribution in [2.24, 2.45) is 11.8 Å². The summed E-state index contributed by atoms with van der Waals surface area (Å²) in [7, 11) is 2.21. The standard InChI is InChI=1S/C16H24N2O/c1-11-4-3-5-14(17-11)10-18(2)15-6-12-8-16(19)9-13(12)7-15/h3-5,12-13,15-16,19H,6-10H2,1-2H3/t12-,13+,15?,16?. The van der Waals surface area contributed by atoms with Gasteiger partial charge in [0.2, 0.25) is 0 Å². The van der Waals surface area contributed by atoms with E-state index in [1.54, 1.807) is 0 Å². The van der Waals surface area contributed by atoms with Gasteiger partial charge in [-0.25, -0.2) is 0 Å². The van der Waals surface area contributed by atoms with Crippen LogP contribution >= 0.6 is 0 Å². The van der Waals surface area contributed by atoms with E-state index in [1.807, 2.05) is 13.0 Å². The van der Waals surface area contributed by atoms with E-state index in [2.05, 4.69) is 29.1 Å². The number of pyridine rings is 1. The summed E-state index contributed by atoms with van der Waals surface area (Å²) in [4.78, 5) is 7.04. The number of rotatable bonds is 3. The maximum Gasteiger partial charge on any atom is 0.0547 e. The van der Waals surface area contributed by atoms with Crippen molar-refractivity contribution in [3.8, 4) is 0 Å². The quantitative estimate of drug-likeness (QED) is 0.906. The van der Waals surface area contributed by atoms with Crippen molar-refractivity contribution >= 4 is 0 Å². The minimum Gasteiger partial charge on any atom is -0.393 e. The molecule has 0 bridgehead atoms. The van der Waals surface area contributed by atoms with Crippen molar-refractivity contribution < 1.29 is 5.11 Å². The predicted octanol–water partition coefficient (Wildman–Crippen LogP) is 2.37. The summed E-state index contributed by atoms with van der Waals surface area (Å²) in [6.07, 6.45) is 4.53. The SMILES string of the molecule is Cc1cccc(CN(C)C2C[C@H]3CC(O)C[C@H]3C2)n1. The average Bonchev–Trinajstić information content (AvgIpc) is 2.86. The van der Waals surface area contributed by atoms with Crippen LogP contribution in [0.1, 0.15) is 37.1 Å². The van der Waals surface area contributed by atoms with Crippen LogP contribution in [0.2, 0.25) is 0 Å². The van der Waals surface area contributed by atoms with Crippen molar-refractivity contribution in [1.82, 2.24) is 9.88 Å². The third-order valence-electron chi connectivity index (χ3n) is 4.95. The molecule has 2 aliphatic rings. The van der Waals surface area contributed by atoms with Gasteiger partial charge in [0, 0.05) is 18.3 Å². The molecule has 2 saturated carbocycles. The molecule has 1 aromatic heterocycles. The van der Waals surface area contributed by atoms with E-state index in [4.69, 9.17) is 0 Å². The van der Waals surface area contributed by atoms with E-state index < -0.39 is 0 Å². The molecule has 0 aromatic carbocycles. The lowest BCUT2D eigenvalue weighted by molar-refractivity contribution is 0.157. The number of hydrogen-bond acceptors (Lipinski definition) is 3. The molecule has 1 aromatic rings. The van der Waals surface area contributed by atoms with Gasteiger partial charge in [-0.15, -0.1) is 0 Å². The lowest BCUT2D eigenvalue weighted by atomic mass is 10.0. The average molecular weight is 260 g/mol. The molecule has 19 heavy (non-hydrogen) atoms. The van der Waals surface area contributed by atoms with Crippen molar-refractivity contribution in [2.45, 2.75) is 51.3 Å². The number of aliphatic hydroxyl groups excluding tert-OH is 1. The Morgan fingerprint density at radius 1 is 1.21 bits per heavy atom. The summed E-state index contributed by atoms with van der Waals surface area (Å²) in [5.41, 5.74) is 2.26. The normalized spacial score (nSPS) is 33.9. The van der Waals surface area contributed by atoms with Crippen LogP contribution in [-0.2, 0) is 6.54 Å². The molecule has 1 heterocycles. The van der Waals surface area contributed by atoms with E-state index in [9.17, 15) is 5.11 Å². The first kappa shape index (κ1) is 13.1. The molecule has 3 heteroatoms. The van der Waals surface area contributed by atoms with E-state index in [1.165, 1.54) is 18.5 Å². The Morgan fingerprint density at radius 2 is 1.89 bits per heavy atom. The van der Waals surface area contributed by atoms with Crippen LogP contribution in [0.25, 0.3) is 0 Å². The number of aliphatic hydroxyl groups is 1. The molecule has 3 nitrogen and oxygen atoms in total.